The van der Waals surface area contributed by atoms with E-state index in [9.17, 15) is 14.0 Å². The van der Waals surface area contributed by atoms with E-state index in [4.69, 9.17) is 5.73 Å². The molecule has 0 spiro atoms. The van der Waals surface area contributed by atoms with Crippen LogP contribution in [-0.2, 0) is 4.79 Å². The molecule has 29 heavy (non-hydrogen) atoms. The van der Waals surface area contributed by atoms with E-state index in [1.54, 1.807) is 42.5 Å². The molecule has 0 heterocycles. The molecule has 2 amide bonds. The van der Waals surface area contributed by atoms with Gasteiger partial charge in [0.05, 0.1) is 11.4 Å². The monoisotopic (exact) mass is 389 g/mol. The largest absolute Gasteiger partial charge is 0.397 e. The summed E-state index contributed by atoms with van der Waals surface area (Å²) in [6, 6.07) is 18.1. The molecular weight excluding hydrogens is 369 g/mol. The molecule has 0 fully saturated rings. The molecular formula is C23H20FN3O2. The standard InChI is InChI=1S/C23H20FN3O2/c1-15-5-8-17(9-6-15)23(29)26-19-4-2-3-16(13-19)7-12-22(28)27-21-11-10-18(24)14-20(21)25/h2-14H,25H2,1H3,(H,26,29)(H,27,28). The van der Waals surface area contributed by atoms with Crippen LogP contribution in [0.4, 0.5) is 21.5 Å². The zero-order valence-corrected chi connectivity index (χ0v) is 15.8. The Morgan fingerprint density at radius 2 is 1.72 bits per heavy atom. The van der Waals surface area contributed by atoms with Gasteiger partial charge in [-0.05, 0) is 61.0 Å². The van der Waals surface area contributed by atoms with Gasteiger partial charge in [0.2, 0.25) is 5.91 Å². The molecule has 0 unspecified atom stereocenters. The van der Waals surface area contributed by atoms with E-state index in [0.29, 0.717) is 16.9 Å². The Bertz CT molecular complexity index is 1080. The van der Waals surface area contributed by atoms with Crippen LogP contribution in [0.2, 0.25) is 0 Å². The van der Waals surface area contributed by atoms with Crippen molar-refractivity contribution >= 4 is 35.0 Å². The van der Waals surface area contributed by atoms with Crippen LogP contribution in [0.3, 0.4) is 0 Å². The third-order valence-corrected chi connectivity index (χ3v) is 4.16. The van der Waals surface area contributed by atoms with Crippen LogP contribution in [0.5, 0.6) is 0 Å². The van der Waals surface area contributed by atoms with Crippen molar-refractivity contribution in [2.75, 3.05) is 16.4 Å². The number of carbonyl (C=O) groups is 2. The molecule has 3 aromatic rings. The maximum absolute atomic E-state index is 13.1. The molecule has 0 saturated heterocycles. The number of nitrogen functional groups attached to an aromatic ring is 1. The summed E-state index contributed by atoms with van der Waals surface area (Å²) >= 11 is 0. The van der Waals surface area contributed by atoms with Gasteiger partial charge in [-0.1, -0.05) is 29.8 Å². The zero-order valence-electron chi connectivity index (χ0n) is 15.8. The molecule has 0 radical (unpaired) electrons. The van der Waals surface area contributed by atoms with Gasteiger partial charge in [0.25, 0.3) is 5.91 Å². The quantitative estimate of drug-likeness (QED) is 0.440. The zero-order chi connectivity index (χ0) is 20.8. The molecule has 6 heteroatoms. The first-order chi connectivity index (χ1) is 13.9. The SMILES string of the molecule is Cc1ccc(C(=O)Nc2cccc(C=CC(=O)Nc3ccc(F)cc3N)c2)cc1. The minimum atomic E-state index is -0.472. The van der Waals surface area contributed by atoms with E-state index >= 15 is 0 Å². The molecule has 4 N–H and O–H groups in total. The summed E-state index contributed by atoms with van der Waals surface area (Å²) in [6.45, 7) is 1.96. The Morgan fingerprint density at radius 3 is 2.45 bits per heavy atom. The molecule has 3 rings (SSSR count). The van der Waals surface area contributed by atoms with Crippen LogP contribution in [0.1, 0.15) is 21.5 Å². The molecule has 146 valence electrons. The number of nitrogens with one attached hydrogen (secondary N) is 2. The third-order valence-electron chi connectivity index (χ3n) is 4.16. The molecule has 0 aliphatic carbocycles. The number of nitrogens with two attached hydrogens (primary N) is 1. The summed E-state index contributed by atoms with van der Waals surface area (Å²) in [4.78, 5) is 24.4. The maximum atomic E-state index is 13.1. The van der Waals surface area contributed by atoms with Crippen molar-refractivity contribution in [3.8, 4) is 0 Å². The third kappa shape index (κ3) is 5.52. The van der Waals surface area contributed by atoms with Crippen molar-refractivity contribution in [3.63, 3.8) is 0 Å². The van der Waals surface area contributed by atoms with Gasteiger partial charge in [-0.2, -0.15) is 0 Å². The van der Waals surface area contributed by atoms with Crippen LogP contribution in [0.15, 0.2) is 72.8 Å². The summed E-state index contributed by atoms with van der Waals surface area (Å²) in [5.74, 6) is -1.09. The lowest BCUT2D eigenvalue weighted by molar-refractivity contribution is -0.111. The van der Waals surface area contributed by atoms with Gasteiger partial charge in [0.15, 0.2) is 0 Å². The van der Waals surface area contributed by atoms with Gasteiger partial charge >= 0.3 is 0 Å². The van der Waals surface area contributed by atoms with E-state index in [1.807, 2.05) is 19.1 Å². The average Bonchev–Trinajstić information content (AvgIpc) is 2.69. The average molecular weight is 389 g/mol. The summed E-state index contributed by atoms with van der Waals surface area (Å²) in [6.07, 6.45) is 2.94. The van der Waals surface area contributed by atoms with Crippen LogP contribution in [0.25, 0.3) is 6.08 Å². The second kappa shape index (κ2) is 8.84. The summed E-state index contributed by atoms with van der Waals surface area (Å²) < 4.78 is 13.1. The second-order valence-electron chi connectivity index (χ2n) is 6.50. The molecule has 0 aliphatic rings. The molecule has 3 aromatic carbocycles. The van der Waals surface area contributed by atoms with E-state index in [2.05, 4.69) is 10.6 Å². The van der Waals surface area contributed by atoms with E-state index < -0.39 is 11.7 Å². The van der Waals surface area contributed by atoms with Crippen molar-refractivity contribution < 1.29 is 14.0 Å². The number of hydrogen-bond donors (Lipinski definition) is 3. The van der Waals surface area contributed by atoms with E-state index in [-0.39, 0.29) is 11.6 Å². The highest BCUT2D eigenvalue weighted by molar-refractivity contribution is 6.05. The molecule has 0 atom stereocenters. The Hall–Kier alpha value is -3.93. The molecule has 0 saturated carbocycles. The van der Waals surface area contributed by atoms with Crippen LogP contribution in [-0.4, -0.2) is 11.8 Å². The van der Waals surface area contributed by atoms with Gasteiger partial charge in [-0.3, -0.25) is 9.59 Å². The van der Waals surface area contributed by atoms with Crippen LogP contribution < -0.4 is 16.4 Å². The summed E-state index contributed by atoms with van der Waals surface area (Å²) in [7, 11) is 0. The number of halogens is 1. The summed E-state index contributed by atoms with van der Waals surface area (Å²) in [5, 5.41) is 5.43. The number of benzene rings is 3. The van der Waals surface area contributed by atoms with E-state index in [1.165, 1.54) is 18.2 Å². The Labute approximate surface area is 168 Å². The van der Waals surface area contributed by atoms with Gasteiger partial charge in [0, 0.05) is 17.3 Å². The van der Waals surface area contributed by atoms with Gasteiger partial charge in [-0.25, -0.2) is 4.39 Å². The number of rotatable bonds is 5. The smallest absolute Gasteiger partial charge is 0.255 e. The normalized spacial score (nSPS) is 10.7. The number of anilines is 3. The Balaban J connectivity index is 1.65. The lowest BCUT2D eigenvalue weighted by Gasteiger charge is -2.07. The highest BCUT2D eigenvalue weighted by Crippen LogP contribution is 2.19. The van der Waals surface area contributed by atoms with Gasteiger partial charge < -0.3 is 16.4 Å². The molecule has 0 aliphatic heterocycles. The predicted octanol–water partition coefficient (Wildman–Crippen LogP) is 4.62. The topological polar surface area (TPSA) is 84.2 Å². The van der Waals surface area contributed by atoms with Crippen molar-refractivity contribution in [2.24, 2.45) is 0 Å². The fraction of sp³-hybridized carbons (Fsp3) is 0.0435. The minimum Gasteiger partial charge on any atom is -0.397 e. The first-order valence-corrected chi connectivity index (χ1v) is 8.93. The second-order valence-corrected chi connectivity index (χ2v) is 6.50. The van der Waals surface area contributed by atoms with Gasteiger partial charge in [0.1, 0.15) is 5.82 Å². The van der Waals surface area contributed by atoms with Crippen molar-refractivity contribution in [1.29, 1.82) is 0 Å². The number of hydrogen-bond acceptors (Lipinski definition) is 3. The Kier molecular flexibility index (Phi) is 6.04. The summed E-state index contributed by atoms with van der Waals surface area (Å²) in [5.41, 5.74) is 9.14. The van der Waals surface area contributed by atoms with Gasteiger partial charge in [-0.15, -0.1) is 0 Å². The molecule has 5 nitrogen and oxygen atoms in total. The molecule has 0 aromatic heterocycles. The van der Waals surface area contributed by atoms with Crippen molar-refractivity contribution in [2.45, 2.75) is 6.92 Å². The lowest BCUT2D eigenvalue weighted by Crippen LogP contribution is -2.11. The minimum absolute atomic E-state index is 0.146. The maximum Gasteiger partial charge on any atom is 0.255 e. The van der Waals surface area contributed by atoms with Crippen molar-refractivity contribution in [1.82, 2.24) is 0 Å². The number of carbonyl (C=O) groups excluding carboxylic acids is 2. The predicted molar refractivity (Wildman–Crippen MR) is 114 cm³/mol. The first-order valence-electron chi connectivity index (χ1n) is 8.93. The fourth-order valence-corrected chi connectivity index (χ4v) is 2.62. The van der Waals surface area contributed by atoms with E-state index in [0.717, 1.165) is 17.2 Å². The fourth-order valence-electron chi connectivity index (χ4n) is 2.62. The molecule has 0 bridgehead atoms. The van der Waals surface area contributed by atoms with Crippen LogP contribution >= 0.6 is 0 Å². The van der Waals surface area contributed by atoms with Crippen LogP contribution in [0, 0.1) is 12.7 Å². The first kappa shape index (κ1) is 19.8. The Morgan fingerprint density at radius 1 is 0.966 bits per heavy atom. The lowest BCUT2D eigenvalue weighted by atomic mass is 10.1. The van der Waals surface area contributed by atoms with Crippen molar-refractivity contribution in [3.05, 3.63) is 95.3 Å². The highest BCUT2D eigenvalue weighted by atomic mass is 19.1. The number of aryl methyl sites for hydroxylation is 1. The highest BCUT2D eigenvalue weighted by Gasteiger charge is 2.06. The number of amides is 2.